The number of nitrogens with one attached hydrogen (secondary N) is 1. The maximum absolute atomic E-state index is 12.8. The van der Waals surface area contributed by atoms with Gasteiger partial charge >= 0.3 is 5.97 Å². The molecule has 1 fully saturated rings. The Hall–Kier alpha value is -2.55. The van der Waals surface area contributed by atoms with Gasteiger partial charge in [0.15, 0.2) is 5.17 Å². The third-order valence-electron chi connectivity index (χ3n) is 4.10. The van der Waals surface area contributed by atoms with Crippen molar-refractivity contribution < 1.29 is 19.5 Å². The van der Waals surface area contributed by atoms with E-state index in [9.17, 15) is 14.4 Å². The van der Waals surface area contributed by atoms with Gasteiger partial charge in [0.05, 0.1) is 22.0 Å². The van der Waals surface area contributed by atoms with Crippen molar-refractivity contribution in [1.29, 1.82) is 0 Å². The normalized spacial score (nSPS) is 17.0. The molecule has 0 spiro atoms. The zero-order chi connectivity index (χ0) is 21.1. The molecule has 1 heterocycles. The highest BCUT2D eigenvalue weighted by Crippen LogP contribution is 2.32. The van der Waals surface area contributed by atoms with Gasteiger partial charge in [-0.15, -0.1) is 0 Å². The second-order valence-corrected chi connectivity index (χ2v) is 8.04. The summed E-state index contributed by atoms with van der Waals surface area (Å²) in [6.07, 6.45) is -0.00579. The number of thioether (sulfide) groups is 1. The van der Waals surface area contributed by atoms with Crippen LogP contribution in [0.2, 0.25) is 10.0 Å². The van der Waals surface area contributed by atoms with Gasteiger partial charge in [-0.1, -0.05) is 35.0 Å². The van der Waals surface area contributed by atoms with E-state index >= 15 is 0 Å². The van der Waals surface area contributed by atoms with Crippen LogP contribution in [0.25, 0.3) is 0 Å². The summed E-state index contributed by atoms with van der Waals surface area (Å²) in [6, 6.07) is 10.5. The number of hydrogen-bond donors (Lipinski definition) is 2. The number of rotatable bonds is 4. The zero-order valence-electron chi connectivity index (χ0n) is 15.1. The lowest BCUT2D eigenvalue weighted by atomic mass is 10.2. The van der Waals surface area contributed by atoms with Crippen molar-refractivity contribution in [2.75, 3.05) is 17.3 Å². The summed E-state index contributed by atoms with van der Waals surface area (Å²) in [5.74, 6) is -1.85. The number of anilines is 2. The third-order valence-corrected chi connectivity index (χ3v) is 5.83. The quantitative estimate of drug-likeness (QED) is 0.411. The fourth-order valence-corrected chi connectivity index (χ4v) is 4.01. The first-order chi connectivity index (χ1) is 13.8. The Morgan fingerprint density at radius 3 is 2.52 bits per heavy atom. The number of imide groups is 1. The fraction of sp³-hybridized carbons (Fsp3) is 0.158. The molecule has 7 nitrogen and oxygen atoms in total. The predicted octanol–water partition coefficient (Wildman–Crippen LogP) is 4.15. The number of amides is 2. The number of aliphatic imine (C=N–C) groups is 1. The van der Waals surface area contributed by atoms with Crippen molar-refractivity contribution in [3.05, 3.63) is 58.1 Å². The van der Waals surface area contributed by atoms with E-state index in [-0.39, 0.29) is 17.9 Å². The van der Waals surface area contributed by atoms with Crippen molar-refractivity contribution >= 4 is 69.3 Å². The largest absolute Gasteiger partial charge is 0.478 e. The summed E-state index contributed by atoms with van der Waals surface area (Å²) in [6.45, 7) is 0. The van der Waals surface area contributed by atoms with Gasteiger partial charge in [0.1, 0.15) is 5.25 Å². The molecular weight excluding hydrogens is 437 g/mol. The molecule has 3 rings (SSSR count). The Morgan fingerprint density at radius 2 is 1.90 bits per heavy atom. The number of amidine groups is 1. The maximum atomic E-state index is 12.8. The molecule has 150 valence electrons. The van der Waals surface area contributed by atoms with Crippen molar-refractivity contribution in [3.63, 3.8) is 0 Å². The molecule has 0 unspecified atom stereocenters. The lowest BCUT2D eigenvalue weighted by Gasteiger charge is -2.16. The van der Waals surface area contributed by atoms with Crippen LogP contribution in [0.1, 0.15) is 16.8 Å². The Kier molecular flexibility index (Phi) is 6.46. The van der Waals surface area contributed by atoms with Crippen molar-refractivity contribution in [2.45, 2.75) is 11.7 Å². The average Bonchev–Trinajstić information content (AvgIpc) is 2.97. The van der Waals surface area contributed by atoms with Crippen molar-refractivity contribution in [2.24, 2.45) is 4.99 Å². The van der Waals surface area contributed by atoms with E-state index in [0.717, 1.165) is 16.7 Å². The van der Waals surface area contributed by atoms with Gasteiger partial charge in [0, 0.05) is 18.5 Å². The van der Waals surface area contributed by atoms with Crippen LogP contribution in [0.4, 0.5) is 11.4 Å². The number of carbonyl (C=O) groups excluding carboxylic acids is 2. The van der Waals surface area contributed by atoms with Gasteiger partial charge in [0.25, 0.3) is 0 Å². The summed E-state index contributed by atoms with van der Waals surface area (Å²) in [5.41, 5.74) is 0.931. The van der Waals surface area contributed by atoms with Crippen LogP contribution in [0, 0.1) is 0 Å². The van der Waals surface area contributed by atoms with Gasteiger partial charge in [-0.2, -0.15) is 0 Å². The summed E-state index contributed by atoms with van der Waals surface area (Å²) in [5, 5.41) is 12.7. The third kappa shape index (κ3) is 4.72. The minimum atomic E-state index is -1.08. The lowest BCUT2D eigenvalue weighted by Crippen LogP contribution is -2.31. The van der Waals surface area contributed by atoms with Crippen LogP contribution in [0.5, 0.6) is 0 Å². The second-order valence-electron chi connectivity index (χ2n) is 6.01. The van der Waals surface area contributed by atoms with E-state index in [2.05, 4.69) is 10.3 Å². The summed E-state index contributed by atoms with van der Waals surface area (Å²) in [7, 11) is 1.55. The van der Waals surface area contributed by atoms with Crippen molar-refractivity contribution in [3.8, 4) is 0 Å². The Bertz CT molecular complexity index is 1010. The van der Waals surface area contributed by atoms with Crippen LogP contribution in [0.3, 0.4) is 0 Å². The molecular formula is C19H15Cl2N3O4S. The zero-order valence-corrected chi connectivity index (χ0v) is 17.4. The van der Waals surface area contributed by atoms with E-state index in [0.29, 0.717) is 26.6 Å². The highest BCUT2D eigenvalue weighted by atomic mass is 35.5. The van der Waals surface area contributed by atoms with E-state index in [4.69, 9.17) is 28.3 Å². The number of carboxylic acids is 1. The van der Waals surface area contributed by atoms with Gasteiger partial charge < -0.3 is 10.4 Å². The minimum absolute atomic E-state index is 0.00579. The topological polar surface area (TPSA) is 99.1 Å². The van der Waals surface area contributed by atoms with Crippen LogP contribution in [-0.2, 0) is 9.59 Å². The van der Waals surface area contributed by atoms with E-state index < -0.39 is 17.1 Å². The number of halogens is 2. The second kappa shape index (κ2) is 8.86. The van der Waals surface area contributed by atoms with Crippen LogP contribution in [0.15, 0.2) is 47.5 Å². The maximum Gasteiger partial charge on any atom is 0.335 e. The summed E-state index contributed by atoms with van der Waals surface area (Å²) in [4.78, 5) is 41.4. The van der Waals surface area contributed by atoms with E-state index in [1.54, 1.807) is 25.2 Å². The van der Waals surface area contributed by atoms with Gasteiger partial charge in [-0.3, -0.25) is 14.6 Å². The molecule has 2 N–H and O–H groups in total. The van der Waals surface area contributed by atoms with Crippen LogP contribution in [-0.4, -0.2) is 40.4 Å². The minimum Gasteiger partial charge on any atom is -0.478 e. The molecule has 0 saturated carbocycles. The van der Waals surface area contributed by atoms with Gasteiger partial charge in [-0.05, 0) is 42.5 Å². The molecule has 10 heteroatoms. The predicted molar refractivity (Wildman–Crippen MR) is 115 cm³/mol. The Labute approximate surface area is 180 Å². The standard InChI is InChI=1S/C19H15Cl2N3O4S/c1-22-19(23-14-8-11(20)4-7-13(14)21)29-15-9-16(25)24(17(15)26)12-5-2-10(3-6-12)18(27)28/h2-8,15H,9H2,1H3,(H,22,23)(H,27,28)/t15-/m0/s1. The molecule has 0 radical (unpaired) electrons. The lowest BCUT2D eigenvalue weighted by molar-refractivity contribution is -0.121. The first kappa shape index (κ1) is 21.2. The number of carbonyl (C=O) groups is 3. The summed E-state index contributed by atoms with van der Waals surface area (Å²) >= 11 is 13.2. The number of nitrogens with zero attached hydrogens (tertiary/aromatic N) is 2. The molecule has 2 aromatic rings. The molecule has 2 aromatic carbocycles. The highest BCUT2D eigenvalue weighted by Gasteiger charge is 2.40. The molecule has 1 saturated heterocycles. The monoisotopic (exact) mass is 451 g/mol. The molecule has 0 aromatic heterocycles. The Balaban J connectivity index is 1.74. The Morgan fingerprint density at radius 1 is 1.21 bits per heavy atom. The van der Waals surface area contributed by atoms with E-state index in [1.807, 2.05) is 0 Å². The summed E-state index contributed by atoms with van der Waals surface area (Å²) < 4.78 is 0. The van der Waals surface area contributed by atoms with E-state index in [1.165, 1.54) is 24.3 Å². The highest BCUT2D eigenvalue weighted by molar-refractivity contribution is 8.15. The molecule has 29 heavy (non-hydrogen) atoms. The number of aromatic carboxylic acids is 1. The number of hydrogen-bond acceptors (Lipinski definition) is 5. The molecule has 2 amide bonds. The fourth-order valence-electron chi connectivity index (χ4n) is 2.70. The van der Waals surface area contributed by atoms with Crippen molar-refractivity contribution in [1.82, 2.24) is 0 Å². The molecule has 1 atom stereocenters. The number of carboxylic acid groups (broad SMARTS) is 1. The van der Waals surface area contributed by atoms with Crippen LogP contribution >= 0.6 is 35.0 Å². The first-order valence-electron chi connectivity index (χ1n) is 8.36. The average molecular weight is 452 g/mol. The smallest absolute Gasteiger partial charge is 0.335 e. The first-order valence-corrected chi connectivity index (χ1v) is 9.99. The SMILES string of the molecule is CN=C(Nc1cc(Cl)ccc1Cl)S[C@H]1CC(=O)N(c2ccc(C(=O)O)cc2)C1=O. The number of benzene rings is 2. The molecule has 0 aliphatic carbocycles. The molecule has 0 bridgehead atoms. The van der Waals surface area contributed by atoms with Gasteiger partial charge in [-0.25, -0.2) is 9.69 Å². The van der Waals surface area contributed by atoms with Crippen LogP contribution < -0.4 is 10.2 Å². The molecule has 1 aliphatic heterocycles. The van der Waals surface area contributed by atoms with Gasteiger partial charge in [0.2, 0.25) is 11.8 Å². The molecule has 1 aliphatic rings.